The van der Waals surface area contributed by atoms with Crippen molar-refractivity contribution < 1.29 is 33.5 Å². The quantitative estimate of drug-likeness (QED) is 0.0985. The molecular weight excluding hydrogens is 652 g/mol. The molecule has 7 N–H and O–H groups in total. The minimum absolute atomic E-state index is 0.115. The van der Waals surface area contributed by atoms with E-state index < -0.39 is 65.8 Å². The van der Waals surface area contributed by atoms with Gasteiger partial charge in [-0.05, 0) is 48.5 Å². The molecule has 0 bridgehead atoms. The number of hydrogen-bond donors (Lipinski definition) is 6. The van der Waals surface area contributed by atoms with Crippen molar-refractivity contribution in [1.82, 2.24) is 26.6 Å². The smallest absolute Gasteiger partial charge is 0.328 e. The normalized spacial score (nSPS) is 15.5. The Morgan fingerprint density at radius 2 is 1.25 bits per heavy atom. The molecule has 0 radical (unpaired) electrons. The Balaban J connectivity index is 3.18. The monoisotopic (exact) mass is 716 g/mol. The molecule has 1 aromatic carbocycles. The summed E-state index contributed by atoms with van der Waals surface area (Å²) in [5, 5.41) is 14.1. The zero-order chi connectivity index (χ0) is 38.8. The zero-order valence-electron chi connectivity index (χ0n) is 32.3. The van der Waals surface area contributed by atoms with Gasteiger partial charge in [-0.3, -0.25) is 24.0 Å². The number of carbonyl (C=O) groups excluding carboxylic acids is 6. The van der Waals surface area contributed by atoms with Crippen LogP contribution in [-0.2, 0) is 39.9 Å². The molecule has 0 saturated carbocycles. The fourth-order valence-corrected chi connectivity index (χ4v) is 5.57. The highest BCUT2D eigenvalue weighted by Gasteiger charge is 2.34. The summed E-state index contributed by atoms with van der Waals surface area (Å²) in [7, 11) is 1.25. The molecule has 5 amide bonds. The molecule has 51 heavy (non-hydrogen) atoms. The summed E-state index contributed by atoms with van der Waals surface area (Å²) in [6, 6.07) is 4.22. The first kappa shape index (κ1) is 45.0. The molecule has 288 valence electrons. The fourth-order valence-electron chi connectivity index (χ4n) is 5.57. The number of benzene rings is 1. The maximum atomic E-state index is 13.7. The molecule has 13 nitrogen and oxygen atoms in total. The Labute approximate surface area is 304 Å². The molecule has 0 aliphatic heterocycles. The highest BCUT2D eigenvalue weighted by molar-refractivity contribution is 5.93. The van der Waals surface area contributed by atoms with Gasteiger partial charge in [-0.2, -0.15) is 0 Å². The molecule has 0 aliphatic carbocycles. The molecule has 0 spiro atoms. The number of methoxy groups -OCH3 is 1. The standard InChI is InChI=1S/C38H64N6O7/c1-11-25(9)34(37(49)44-33(24(7)8)38(50)51-10)43-32(46)21-27(39)29(20-26-16-14-13-15-17-26)42-35(47)28(12-2)41-36(48)30(18-22(3)4)40-31(45)19-23(5)6/h13-17,22-25,27-30,33-34H,11-12,18-21,39H2,1-10H3,(H,40,45)(H,41,48)(H,42,47)(H,43,46)(H,44,49)/t25-,27-,28-,29-,30-,33-,34-/m0/s1. The number of nitrogens with one attached hydrogen (secondary N) is 5. The van der Waals surface area contributed by atoms with Crippen LogP contribution < -0.4 is 32.3 Å². The molecule has 1 aromatic rings. The molecule has 1 rings (SSSR count). The third kappa shape index (κ3) is 16.3. The van der Waals surface area contributed by atoms with E-state index in [-0.39, 0.29) is 48.8 Å². The van der Waals surface area contributed by atoms with Crippen molar-refractivity contribution in [3.8, 4) is 0 Å². The van der Waals surface area contributed by atoms with Gasteiger partial charge < -0.3 is 37.1 Å². The van der Waals surface area contributed by atoms with Crippen molar-refractivity contribution in [2.45, 2.75) is 137 Å². The van der Waals surface area contributed by atoms with Gasteiger partial charge in [0, 0.05) is 24.9 Å². The van der Waals surface area contributed by atoms with E-state index >= 15 is 0 Å². The maximum absolute atomic E-state index is 13.7. The molecule has 0 unspecified atom stereocenters. The predicted molar refractivity (Wildman–Crippen MR) is 198 cm³/mol. The van der Waals surface area contributed by atoms with Gasteiger partial charge >= 0.3 is 5.97 Å². The van der Waals surface area contributed by atoms with Crippen molar-refractivity contribution in [2.24, 2.45) is 29.4 Å². The van der Waals surface area contributed by atoms with E-state index in [1.165, 1.54) is 7.11 Å². The van der Waals surface area contributed by atoms with Crippen LogP contribution in [-0.4, -0.2) is 78.9 Å². The molecule has 7 atom stereocenters. The third-order valence-corrected chi connectivity index (χ3v) is 8.79. The maximum Gasteiger partial charge on any atom is 0.328 e. The lowest BCUT2D eigenvalue weighted by Gasteiger charge is -2.30. The van der Waals surface area contributed by atoms with Gasteiger partial charge in [0.2, 0.25) is 29.5 Å². The van der Waals surface area contributed by atoms with E-state index in [1.807, 2.05) is 71.9 Å². The summed E-state index contributed by atoms with van der Waals surface area (Å²) in [4.78, 5) is 78.7. The Morgan fingerprint density at radius 3 is 1.76 bits per heavy atom. The Kier molecular flexibility index (Phi) is 20.1. The van der Waals surface area contributed by atoms with Crippen LogP contribution in [0, 0.1) is 23.7 Å². The molecule has 0 aromatic heterocycles. The second-order valence-electron chi connectivity index (χ2n) is 14.7. The van der Waals surface area contributed by atoms with Gasteiger partial charge in [0.1, 0.15) is 24.2 Å². The average molecular weight is 717 g/mol. The number of nitrogens with two attached hydrogens (primary N) is 1. The zero-order valence-corrected chi connectivity index (χ0v) is 32.3. The number of rotatable bonds is 22. The Bertz CT molecular complexity index is 1270. The van der Waals surface area contributed by atoms with Gasteiger partial charge in [0.15, 0.2) is 0 Å². The first-order valence-electron chi connectivity index (χ1n) is 18.3. The molecule has 0 fully saturated rings. The van der Waals surface area contributed by atoms with Gasteiger partial charge in [0.05, 0.1) is 7.11 Å². The van der Waals surface area contributed by atoms with Crippen LogP contribution in [0.4, 0.5) is 0 Å². The topological polar surface area (TPSA) is 198 Å². The summed E-state index contributed by atoms with van der Waals surface area (Å²) in [5.74, 6) is -3.02. The van der Waals surface area contributed by atoms with Crippen LogP contribution in [0.5, 0.6) is 0 Å². The summed E-state index contributed by atoms with van der Waals surface area (Å²) in [6.07, 6.45) is 1.61. The first-order chi connectivity index (χ1) is 23.9. The summed E-state index contributed by atoms with van der Waals surface area (Å²) in [5.41, 5.74) is 7.50. The third-order valence-electron chi connectivity index (χ3n) is 8.79. The van der Waals surface area contributed by atoms with Gasteiger partial charge in [0.25, 0.3) is 0 Å². The van der Waals surface area contributed by atoms with Gasteiger partial charge in [-0.25, -0.2) is 4.79 Å². The van der Waals surface area contributed by atoms with Crippen LogP contribution >= 0.6 is 0 Å². The van der Waals surface area contributed by atoms with Crippen LogP contribution in [0.3, 0.4) is 0 Å². The molecule has 0 aliphatic rings. The number of hydrogen-bond acceptors (Lipinski definition) is 8. The lowest BCUT2D eigenvalue weighted by molar-refractivity contribution is -0.147. The lowest BCUT2D eigenvalue weighted by atomic mass is 9.94. The molecule has 0 saturated heterocycles. The number of esters is 1. The number of ether oxygens (including phenoxy) is 1. The highest BCUT2D eigenvalue weighted by atomic mass is 16.5. The van der Waals surface area contributed by atoms with Crippen LogP contribution in [0.15, 0.2) is 30.3 Å². The van der Waals surface area contributed by atoms with E-state index in [4.69, 9.17) is 10.5 Å². The SMILES string of the molecule is CC[C@H](NC(=O)[C@H](CC(C)C)NC(=O)CC(C)C)C(=O)N[C@@H](Cc1ccccc1)[C@@H](N)CC(=O)N[C@H](C(=O)N[C@H](C(=O)OC)C(C)C)[C@@H](C)CC. The van der Waals surface area contributed by atoms with E-state index in [9.17, 15) is 28.8 Å². The molecule has 0 heterocycles. The first-order valence-corrected chi connectivity index (χ1v) is 18.3. The summed E-state index contributed by atoms with van der Waals surface area (Å²) < 4.78 is 4.85. The van der Waals surface area contributed by atoms with E-state index in [2.05, 4.69) is 26.6 Å². The van der Waals surface area contributed by atoms with E-state index in [0.29, 0.717) is 19.3 Å². The molecular formula is C38H64N6O7. The van der Waals surface area contributed by atoms with Crippen molar-refractivity contribution in [3.63, 3.8) is 0 Å². The van der Waals surface area contributed by atoms with Crippen LogP contribution in [0.2, 0.25) is 0 Å². The van der Waals surface area contributed by atoms with Crippen molar-refractivity contribution in [2.75, 3.05) is 7.11 Å². The van der Waals surface area contributed by atoms with E-state index in [1.54, 1.807) is 20.8 Å². The largest absolute Gasteiger partial charge is 0.467 e. The minimum atomic E-state index is -0.942. The predicted octanol–water partition coefficient (Wildman–Crippen LogP) is 2.75. The average Bonchev–Trinajstić information content (AvgIpc) is 3.06. The second-order valence-corrected chi connectivity index (χ2v) is 14.7. The van der Waals surface area contributed by atoms with Crippen molar-refractivity contribution in [1.29, 1.82) is 0 Å². The van der Waals surface area contributed by atoms with Crippen molar-refractivity contribution in [3.05, 3.63) is 35.9 Å². The molecule has 13 heteroatoms. The van der Waals surface area contributed by atoms with Gasteiger partial charge in [-0.15, -0.1) is 0 Å². The second kappa shape index (κ2) is 22.7. The van der Waals surface area contributed by atoms with Crippen LogP contribution in [0.1, 0.15) is 100.0 Å². The van der Waals surface area contributed by atoms with E-state index in [0.717, 1.165) is 5.56 Å². The number of amides is 5. The minimum Gasteiger partial charge on any atom is -0.467 e. The van der Waals surface area contributed by atoms with Gasteiger partial charge in [-0.1, -0.05) is 99.1 Å². The summed E-state index contributed by atoms with van der Waals surface area (Å²) >= 11 is 0. The lowest BCUT2D eigenvalue weighted by Crippen LogP contribution is -2.59. The highest BCUT2D eigenvalue weighted by Crippen LogP contribution is 2.14. The number of carbonyl (C=O) groups is 6. The Morgan fingerprint density at radius 1 is 0.667 bits per heavy atom. The Hall–Kier alpha value is -4.00. The fraction of sp³-hybridized carbons (Fsp3) is 0.684. The van der Waals surface area contributed by atoms with Crippen LogP contribution in [0.25, 0.3) is 0 Å². The summed E-state index contributed by atoms with van der Waals surface area (Å²) in [6.45, 7) is 16.8. The van der Waals surface area contributed by atoms with Crippen molar-refractivity contribution >= 4 is 35.5 Å².